The average molecular weight is 247 g/mol. The second-order valence-corrected chi connectivity index (χ2v) is 4.74. The summed E-state index contributed by atoms with van der Waals surface area (Å²) in [6.07, 6.45) is 4.28. The molecule has 0 saturated heterocycles. The maximum Gasteiger partial charge on any atom is 0.267 e. The van der Waals surface area contributed by atoms with E-state index in [1.54, 1.807) is 0 Å². The molecule has 2 heterocycles. The zero-order valence-electron chi connectivity index (χ0n) is 11.1. The van der Waals surface area contributed by atoms with Gasteiger partial charge in [0.25, 0.3) is 5.91 Å². The maximum atomic E-state index is 12.0. The SMILES string of the molecule is Cc1ccc(C(=O)NCCC2=CCNCC2)n1C. The molecule has 0 unspecified atom stereocenters. The van der Waals surface area contributed by atoms with Crippen molar-refractivity contribution in [2.75, 3.05) is 19.6 Å². The van der Waals surface area contributed by atoms with Crippen LogP contribution in [0.25, 0.3) is 0 Å². The third-order valence-electron chi connectivity index (χ3n) is 3.50. The van der Waals surface area contributed by atoms with Crippen LogP contribution in [0.1, 0.15) is 29.0 Å². The Morgan fingerprint density at radius 1 is 1.50 bits per heavy atom. The quantitative estimate of drug-likeness (QED) is 0.789. The van der Waals surface area contributed by atoms with Gasteiger partial charge in [-0.05, 0) is 38.4 Å². The summed E-state index contributed by atoms with van der Waals surface area (Å²) < 4.78 is 1.92. The van der Waals surface area contributed by atoms with Crippen LogP contribution in [0.5, 0.6) is 0 Å². The van der Waals surface area contributed by atoms with Crippen molar-refractivity contribution in [1.82, 2.24) is 15.2 Å². The first-order valence-corrected chi connectivity index (χ1v) is 6.47. The number of hydrogen-bond acceptors (Lipinski definition) is 2. The zero-order chi connectivity index (χ0) is 13.0. The summed E-state index contributed by atoms with van der Waals surface area (Å²) in [5.74, 6) is 0.0140. The van der Waals surface area contributed by atoms with E-state index in [2.05, 4.69) is 16.7 Å². The Hall–Kier alpha value is -1.55. The highest BCUT2D eigenvalue weighted by atomic mass is 16.1. The fourth-order valence-electron chi connectivity index (χ4n) is 2.16. The van der Waals surface area contributed by atoms with Crippen LogP contribution in [0.3, 0.4) is 0 Å². The van der Waals surface area contributed by atoms with E-state index in [-0.39, 0.29) is 5.91 Å². The lowest BCUT2D eigenvalue weighted by molar-refractivity contribution is 0.0945. The lowest BCUT2D eigenvalue weighted by atomic mass is 10.1. The van der Waals surface area contributed by atoms with Gasteiger partial charge in [-0.15, -0.1) is 0 Å². The Bertz CT molecular complexity index is 460. The molecule has 98 valence electrons. The lowest BCUT2D eigenvalue weighted by Crippen LogP contribution is -2.28. The molecule has 1 aromatic heterocycles. The molecule has 0 saturated carbocycles. The first-order valence-electron chi connectivity index (χ1n) is 6.47. The predicted octanol–water partition coefficient (Wildman–Crippen LogP) is 1.37. The van der Waals surface area contributed by atoms with Crippen LogP contribution < -0.4 is 10.6 Å². The van der Waals surface area contributed by atoms with E-state index in [0.717, 1.165) is 43.9 Å². The Labute approximate surface area is 108 Å². The van der Waals surface area contributed by atoms with Gasteiger partial charge < -0.3 is 15.2 Å². The third kappa shape index (κ3) is 3.01. The smallest absolute Gasteiger partial charge is 0.267 e. The summed E-state index contributed by atoms with van der Waals surface area (Å²) in [5.41, 5.74) is 3.27. The second kappa shape index (κ2) is 5.87. The monoisotopic (exact) mass is 247 g/mol. The average Bonchev–Trinajstić information content (AvgIpc) is 2.71. The fourth-order valence-corrected chi connectivity index (χ4v) is 2.16. The van der Waals surface area contributed by atoms with Crippen molar-refractivity contribution in [1.29, 1.82) is 0 Å². The summed E-state index contributed by atoms with van der Waals surface area (Å²) >= 11 is 0. The van der Waals surface area contributed by atoms with Crippen LogP contribution in [-0.2, 0) is 7.05 Å². The molecule has 1 aromatic rings. The number of nitrogens with zero attached hydrogens (tertiary/aromatic N) is 1. The van der Waals surface area contributed by atoms with Crippen LogP contribution >= 0.6 is 0 Å². The van der Waals surface area contributed by atoms with Gasteiger partial charge in [0.05, 0.1) is 0 Å². The molecule has 18 heavy (non-hydrogen) atoms. The van der Waals surface area contributed by atoms with Crippen LogP contribution in [-0.4, -0.2) is 30.1 Å². The third-order valence-corrected chi connectivity index (χ3v) is 3.50. The standard InChI is InChI=1S/C14H21N3O/c1-11-3-4-13(17(11)2)14(18)16-10-7-12-5-8-15-9-6-12/h3-5,15H,6-10H2,1-2H3,(H,16,18). The van der Waals surface area contributed by atoms with Gasteiger partial charge >= 0.3 is 0 Å². The highest BCUT2D eigenvalue weighted by molar-refractivity contribution is 5.92. The van der Waals surface area contributed by atoms with Crippen LogP contribution in [0.4, 0.5) is 0 Å². The van der Waals surface area contributed by atoms with E-state index >= 15 is 0 Å². The summed E-state index contributed by atoms with van der Waals surface area (Å²) in [7, 11) is 1.92. The molecule has 1 aliphatic heterocycles. The van der Waals surface area contributed by atoms with Crippen molar-refractivity contribution in [3.63, 3.8) is 0 Å². The van der Waals surface area contributed by atoms with Crippen LogP contribution in [0.2, 0.25) is 0 Å². The molecule has 0 spiro atoms. The minimum Gasteiger partial charge on any atom is -0.350 e. The predicted molar refractivity (Wildman–Crippen MR) is 72.7 cm³/mol. The molecule has 0 aromatic carbocycles. The number of carbonyl (C=O) groups is 1. The van der Waals surface area contributed by atoms with Crippen molar-refractivity contribution in [2.24, 2.45) is 7.05 Å². The van der Waals surface area contributed by atoms with Gasteiger partial charge in [0.2, 0.25) is 0 Å². The zero-order valence-corrected chi connectivity index (χ0v) is 11.1. The number of amides is 1. The lowest BCUT2D eigenvalue weighted by Gasteiger charge is -2.14. The Morgan fingerprint density at radius 3 is 2.94 bits per heavy atom. The van der Waals surface area contributed by atoms with Gasteiger partial charge in [-0.1, -0.05) is 11.6 Å². The fraction of sp³-hybridized carbons (Fsp3) is 0.500. The summed E-state index contributed by atoms with van der Waals surface area (Å²) in [6.45, 7) is 4.72. The van der Waals surface area contributed by atoms with Gasteiger partial charge in [-0.2, -0.15) is 0 Å². The van der Waals surface area contributed by atoms with Crippen molar-refractivity contribution in [3.05, 3.63) is 35.2 Å². The number of hydrogen-bond donors (Lipinski definition) is 2. The molecule has 4 nitrogen and oxygen atoms in total. The molecule has 0 bridgehead atoms. The highest BCUT2D eigenvalue weighted by Gasteiger charge is 2.10. The maximum absolute atomic E-state index is 12.0. The normalized spacial score (nSPS) is 15.3. The van der Waals surface area contributed by atoms with Crippen LogP contribution in [0, 0.1) is 6.92 Å². The molecular weight excluding hydrogens is 226 g/mol. The number of rotatable bonds is 4. The molecule has 0 atom stereocenters. The first-order chi connectivity index (χ1) is 8.68. The first kappa shape index (κ1) is 12.9. The van der Waals surface area contributed by atoms with E-state index in [0.29, 0.717) is 0 Å². The van der Waals surface area contributed by atoms with Crippen molar-refractivity contribution in [2.45, 2.75) is 19.8 Å². The second-order valence-electron chi connectivity index (χ2n) is 4.74. The molecule has 0 radical (unpaired) electrons. The van der Waals surface area contributed by atoms with Gasteiger partial charge in [0.1, 0.15) is 5.69 Å². The summed E-state index contributed by atoms with van der Waals surface area (Å²) in [4.78, 5) is 12.0. The molecule has 0 aliphatic carbocycles. The van der Waals surface area contributed by atoms with Gasteiger partial charge in [-0.25, -0.2) is 0 Å². The van der Waals surface area contributed by atoms with Crippen molar-refractivity contribution in [3.8, 4) is 0 Å². The molecule has 0 fully saturated rings. The molecule has 1 aliphatic rings. The highest BCUT2D eigenvalue weighted by Crippen LogP contribution is 2.09. The van der Waals surface area contributed by atoms with E-state index in [9.17, 15) is 4.79 Å². The number of nitrogens with one attached hydrogen (secondary N) is 2. The molecule has 1 amide bonds. The minimum atomic E-state index is 0.0140. The van der Waals surface area contributed by atoms with Crippen molar-refractivity contribution < 1.29 is 4.79 Å². The Kier molecular flexibility index (Phi) is 4.20. The van der Waals surface area contributed by atoms with E-state index < -0.39 is 0 Å². The van der Waals surface area contributed by atoms with Crippen molar-refractivity contribution >= 4 is 5.91 Å². The Morgan fingerprint density at radius 2 is 2.33 bits per heavy atom. The summed E-state index contributed by atoms with van der Waals surface area (Å²) in [5, 5.41) is 6.26. The van der Waals surface area contributed by atoms with E-state index in [1.807, 2.05) is 30.7 Å². The largest absolute Gasteiger partial charge is 0.350 e. The van der Waals surface area contributed by atoms with E-state index in [1.165, 1.54) is 5.57 Å². The molecule has 2 rings (SSSR count). The molecular formula is C14H21N3O. The van der Waals surface area contributed by atoms with Gasteiger partial charge in [0.15, 0.2) is 0 Å². The topological polar surface area (TPSA) is 46.1 Å². The van der Waals surface area contributed by atoms with Crippen LogP contribution in [0.15, 0.2) is 23.8 Å². The minimum absolute atomic E-state index is 0.0140. The number of aryl methyl sites for hydroxylation is 1. The molecule has 2 N–H and O–H groups in total. The van der Waals surface area contributed by atoms with E-state index in [4.69, 9.17) is 0 Å². The molecule has 4 heteroatoms. The van der Waals surface area contributed by atoms with Gasteiger partial charge in [0, 0.05) is 25.8 Å². The Balaban J connectivity index is 1.81. The van der Waals surface area contributed by atoms with Gasteiger partial charge in [-0.3, -0.25) is 4.79 Å². The number of carbonyl (C=O) groups excluding carboxylic acids is 1. The summed E-state index contributed by atoms with van der Waals surface area (Å²) in [6, 6.07) is 3.83. The number of aromatic nitrogens is 1.